The summed E-state index contributed by atoms with van der Waals surface area (Å²) in [6, 6.07) is 2.71. The number of hydrogen-bond donors (Lipinski definition) is 0. The molecule has 0 aliphatic carbocycles. The summed E-state index contributed by atoms with van der Waals surface area (Å²) in [7, 11) is -1.28. The van der Waals surface area contributed by atoms with Crippen LogP contribution in [0.15, 0.2) is 24.6 Å². The van der Waals surface area contributed by atoms with Gasteiger partial charge in [-0.05, 0) is 0 Å². The SMILES string of the molecule is C=C[Si](C=C)(CCC)CCCCCCC. The molecule has 0 N–H and O–H groups in total. The van der Waals surface area contributed by atoms with Crippen LogP contribution in [-0.4, -0.2) is 8.07 Å². The van der Waals surface area contributed by atoms with Crippen LogP contribution in [-0.2, 0) is 0 Å². The first-order chi connectivity index (χ1) is 7.24. The standard InChI is InChI=1S/C14H28Si/c1-5-9-10-11-12-14-15(7-3,8-4)13-6-2/h7-8H,3-6,9-14H2,1-2H3. The molecule has 0 saturated heterocycles. The third kappa shape index (κ3) is 5.98. The number of rotatable bonds is 10. The lowest BCUT2D eigenvalue weighted by Crippen LogP contribution is -2.28. The Morgan fingerprint density at radius 2 is 1.40 bits per heavy atom. The zero-order valence-corrected chi connectivity index (χ0v) is 11.7. The third-order valence-electron chi connectivity index (χ3n) is 3.27. The molecular weight excluding hydrogens is 196 g/mol. The van der Waals surface area contributed by atoms with Crippen LogP contribution in [0.5, 0.6) is 0 Å². The van der Waals surface area contributed by atoms with Gasteiger partial charge in [0.25, 0.3) is 0 Å². The van der Waals surface area contributed by atoms with Gasteiger partial charge in [0.2, 0.25) is 0 Å². The highest BCUT2D eigenvalue weighted by Crippen LogP contribution is 2.23. The summed E-state index contributed by atoms with van der Waals surface area (Å²) in [6.07, 6.45) is 8.18. The van der Waals surface area contributed by atoms with E-state index in [0.717, 1.165) is 0 Å². The van der Waals surface area contributed by atoms with Crippen molar-refractivity contribution in [2.75, 3.05) is 0 Å². The van der Waals surface area contributed by atoms with Crippen molar-refractivity contribution < 1.29 is 0 Å². The van der Waals surface area contributed by atoms with Crippen molar-refractivity contribution in [2.24, 2.45) is 0 Å². The lowest BCUT2D eigenvalue weighted by molar-refractivity contribution is 0.653. The monoisotopic (exact) mass is 224 g/mol. The van der Waals surface area contributed by atoms with E-state index < -0.39 is 8.07 Å². The zero-order chi connectivity index (χ0) is 11.6. The second-order valence-corrected chi connectivity index (χ2v) is 8.84. The van der Waals surface area contributed by atoms with E-state index >= 15 is 0 Å². The molecule has 0 rings (SSSR count). The first kappa shape index (κ1) is 14.7. The second kappa shape index (κ2) is 8.96. The first-order valence-electron chi connectivity index (χ1n) is 6.52. The van der Waals surface area contributed by atoms with E-state index in [1.165, 1.54) is 50.6 Å². The molecule has 0 aromatic carbocycles. The van der Waals surface area contributed by atoms with E-state index in [0.29, 0.717) is 0 Å². The molecule has 15 heavy (non-hydrogen) atoms. The van der Waals surface area contributed by atoms with Crippen molar-refractivity contribution in [2.45, 2.75) is 64.5 Å². The van der Waals surface area contributed by atoms with Crippen LogP contribution in [0.1, 0.15) is 52.4 Å². The molecule has 0 radical (unpaired) electrons. The molecule has 0 atom stereocenters. The van der Waals surface area contributed by atoms with Crippen molar-refractivity contribution in [3.63, 3.8) is 0 Å². The average Bonchev–Trinajstić information content (AvgIpc) is 2.27. The van der Waals surface area contributed by atoms with Crippen molar-refractivity contribution in [3.8, 4) is 0 Å². The van der Waals surface area contributed by atoms with Gasteiger partial charge in [-0.1, -0.05) is 75.9 Å². The molecule has 0 heterocycles. The first-order valence-corrected chi connectivity index (χ1v) is 9.08. The molecule has 0 amide bonds. The summed E-state index contributed by atoms with van der Waals surface area (Å²) in [5, 5.41) is 0. The van der Waals surface area contributed by atoms with E-state index in [-0.39, 0.29) is 0 Å². The highest BCUT2D eigenvalue weighted by Gasteiger charge is 2.23. The fourth-order valence-electron chi connectivity index (χ4n) is 2.14. The normalized spacial score (nSPS) is 11.3. The zero-order valence-electron chi connectivity index (χ0n) is 10.7. The maximum atomic E-state index is 4.03. The van der Waals surface area contributed by atoms with E-state index in [9.17, 15) is 0 Å². The van der Waals surface area contributed by atoms with Gasteiger partial charge in [-0.25, -0.2) is 0 Å². The highest BCUT2D eigenvalue weighted by atomic mass is 28.3. The molecule has 0 nitrogen and oxygen atoms in total. The van der Waals surface area contributed by atoms with E-state index in [4.69, 9.17) is 0 Å². The van der Waals surface area contributed by atoms with Gasteiger partial charge in [0.1, 0.15) is 8.07 Å². The topological polar surface area (TPSA) is 0 Å². The van der Waals surface area contributed by atoms with Crippen LogP contribution >= 0.6 is 0 Å². The van der Waals surface area contributed by atoms with Crippen molar-refractivity contribution in [1.29, 1.82) is 0 Å². The Bertz CT molecular complexity index is 164. The van der Waals surface area contributed by atoms with Gasteiger partial charge in [0, 0.05) is 0 Å². The minimum Gasteiger partial charge on any atom is -0.107 e. The van der Waals surface area contributed by atoms with Crippen LogP contribution in [0.4, 0.5) is 0 Å². The third-order valence-corrected chi connectivity index (χ3v) is 7.62. The molecule has 0 fully saturated rings. The minimum absolute atomic E-state index is 1.28. The van der Waals surface area contributed by atoms with E-state index in [2.05, 4.69) is 38.4 Å². The Hall–Kier alpha value is -0.303. The summed E-state index contributed by atoms with van der Waals surface area (Å²) in [4.78, 5) is 0. The molecule has 1 heteroatoms. The molecule has 0 aromatic rings. The van der Waals surface area contributed by atoms with Gasteiger partial charge in [0.05, 0.1) is 0 Å². The molecule has 0 saturated carbocycles. The van der Waals surface area contributed by atoms with E-state index in [1.54, 1.807) is 0 Å². The van der Waals surface area contributed by atoms with Crippen LogP contribution in [0.2, 0.25) is 12.1 Å². The Morgan fingerprint density at radius 1 is 0.800 bits per heavy atom. The molecule has 0 bridgehead atoms. The van der Waals surface area contributed by atoms with Crippen molar-refractivity contribution in [3.05, 3.63) is 24.6 Å². The largest absolute Gasteiger partial charge is 0.107 e. The lowest BCUT2D eigenvalue weighted by Gasteiger charge is -2.23. The molecule has 0 unspecified atom stereocenters. The maximum Gasteiger partial charge on any atom is 0.100 e. The maximum absolute atomic E-state index is 4.03. The quantitative estimate of drug-likeness (QED) is 0.350. The highest BCUT2D eigenvalue weighted by molar-refractivity contribution is 6.88. The lowest BCUT2D eigenvalue weighted by atomic mass is 10.2. The Morgan fingerprint density at radius 3 is 1.87 bits per heavy atom. The fraction of sp³-hybridized carbons (Fsp3) is 0.714. The molecule has 88 valence electrons. The summed E-state index contributed by atoms with van der Waals surface area (Å²) < 4.78 is 0. The molecule has 0 aliphatic rings. The molecule has 0 aromatic heterocycles. The van der Waals surface area contributed by atoms with Gasteiger partial charge >= 0.3 is 0 Å². The Labute approximate surface area is 97.5 Å². The molecular formula is C14H28Si. The minimum atomic E-state index is -1.28. The summed E-state index contributed by atoms with van der Waals surface area (Å²) >= 11 is 0. The summed E-state index contributed by atoms with van der Waals surface area (Å²) in [5.41, 5.74) is 4.48. The Kier molecular flexibility index (Phi) is 8.78. The fourth-order valence-corrected chi connectivity index (χ4v) is 5.21. The number of hydrogen-bond acceptors (Lipinski definition) is 0. The number of unbranched alkanes of at least 4 members (excludes halogenated alkanes) is 4. The molecule has 0 aliphatic heterocycles. The predicted octanol–water partition coefficient (Wildman–Crippen LogP) is 5.27. The van der Waals surface area contributed by atoms with Crippen LogP contribution in [0.3, 0.4) is 0 Å². The van der Waals surface area contributed by atoms with Crippen LogP contribution in [0, 0.1) is 0 Å². The average molecular weight is 224 g/mol. The van der Waals surface area contributed by atoms with Crippen LogP contribution in [0.25, 0.3) is 0 Å². The van der Waals surface area contributed by atoms with Gasteiger partial charge in [-0.3, -0.25) is 0 Å². The summed E-state index contributed by atoms with van der Waals surface area (Å²) in [6.45, 7) is 12.6. The van der Waals surface area contributed by atoms with Gasteiger partial charge in [0.15, 0.2) is 0 Å². The summed E-state index contributed by atoms with van der Waals surface area (Å²) in [5.74, 6) is 0. The molecule has 0 spiro atoms. The second-order valence-electron chi connectivity index (χ2n) is 4.56. The van der Waals surface area contributed by atoms with Gasteiger partial charge in [-0.15, -0.1) is 13.2 Å². The van der Waals surface area contributed by atoms with E-state index in [1.807, 2.05) is 0 Å². The van der Waals surface area contributed by atoms with Gasteiger partial charge in [-0.2, -0.15) is 0 Å². The van der Waals surface area contributed by atoms with Crippen LogP contribution < -0.4 is 0 Å². The van der Waals surface area contributed by atoms with Crippen molar-refractivity contribution >= 4 is 8.07 Å². The van der Waals surface area contributed by atoms with Crippen molar-refractivity contribution in [1.82, 2.24) is 0 Å². The smallest absolute Gasteiger partial charge is 0.100 e. The predicted molar refractivity (Wildman–Crippen MR) is 74.8 cm³/mol. The Balaban J connectivity index is 3.85. The van der Waals surface area contributed by atoms with Gasteiger partial charge < -0.3 is 0 Å².